The zero-order chi connectivity index (χ0) is 12.1. The van der Waals surface area contributed by atoms with Crippen molar-refractivity contribution in [2.75, 3.05) is 0 Å². The average Bonchev–Trinajstić information content (AvgIpc) is 2.66. The highest BCUT2D eigenvalue weighted by Gasteiger charge is 2.25. The van der Waals surface area contributed by atoms with Crippen LogP contribution in [0.25, 0.3) is 0 Å². The molecule has 0 radical (unpaired) electrons. The van der Waals surface area contributed by atoms with Crippen molar-refractivity contribution in [1.29, 1.82) is 0 Å². The quantitative estimate of drug-likeness (QED) is 0.556. The number of alkyl halides is 1. The van der Waals surface area contributed by atoms with E-state index in [1.165, 1.54) is 12.8 Å². The third-order valence-corrected chi connectivity index (χ3v) is 3.73. The lowest BCUT2D eigenvalue weighted by Gasteiger charge is -2.20. The lowest BCUT2D eigenvalue weighted by molar-refractivity contribution is 0.111. The summed E-state index contributed by atoms with van der Waals surface area (Å²) in [6.07, 6.45) is 6.37. The molecule has 1 saturated carbocycles. The van der Waals surface area contributed by atoms with Crippen molar-refractivity contribution in [3.63, 3.8) is 0 Å². The van der Waals surface area contributed by atoms with Gasteiger partial charge in [-0.3, -0.25) is 4.79 Å². The molecule has 0 amide bonds. The standard InChI is InChI=1S/C15H19FO/c16-15(12-7-3-1-2-4-8-12)14-10-6-5-9-13(14)11-17/h5-6,9-12,15H,1-4,7-8H2. The summed E-state index contributed by atoms with van der Waals surface area (Å²) in [7, 11) is 0. The molecule has 1 atom stereocenters. The monoisotopic (exact) mass is 234 g/mol. The molecule has 2 heteroatoms. The molecule has 0 bridgehead atoms. The Morgan fingerprint density at radius 3 is 2.41 bits per heavy atom. The highest BCUT2D eigenvalue weighted by atomic mass is 19.1. The number of rotatable bonds is 3. The van der Waals surface area contributed by atoms with Crippen LogP contribution in [-0.2, 0) is 0 Å². The maximum absolute atomic E-state index is 14.5. The van der Waals surface area contributed by atoms with E-state index in [9.17, 15) is 9.18 Å². The fraction of sp³-hybridized carbons (Fsp3) is 0.533. The first-order valence-corrected chi connectivity index (χ1v) is 6.51. The Bertz CT molecular complexity index is 367. The topological polar surface area (TPSA) is 17.1 Å². The van der Waals surface area contributed by atoms with Crippen LogP contribution >= 0.6 is 0 Å². The number of benzene rings is 1. The third kappa shape index (κ3) is 2.93. The molecule has 0 heterocycles. The van der Waals surface area contributed by atoms with E-state index in [4.69, 9.17) is 0 Å². The molecule has 1 fully saturated rings. The molecule has 0 N–H and O–H groups in total. The molecule has 1 aromatic carbocycles. The fourth-order valence-electron chi connectivity index (χ4n) is 2.73. The molecule has 1 aliphatic rings. The Kier molecular flexibility index (Phi) is 4.29. The second-order valence-electron chi connectivity index (χ2n) is 4.90. The van der Waals surface area contributed by atoms with Gasteiger partial charge < -0.3 is 0 Å². The van der Waals surface area contributed by atoms with Gasteiger partial charge in [0, 0.05) is 5.56 Å². The number of hydrogen-bond donors (Lipinski definition) is 0. The van der Waals surface area contributed by atoms with E-state index in [1.54, 1.807) is 18.2 Å². The summed E-state index contributed by atoms with van der Waals surface area (Å²) in [5.74, 6) is 0.0959. The minimum atomic E-state index is -0.977. The minimum Gasteiger partial charge on any atom is -0.298 e. The van der Waals surface area contributed by atoms with Crippen molar-refractivity contribution < 1.29 is 9.18 Å². The minimum absolute atomic E-state index is 0.0959. The third-order valence-electron chi connectivity index (χ3n) is 3.73. The van der Waals surface area contributed by atoms with Gasteiger partial charge in [0.1, 0.15) is 12.5 Å². The second kappa shape index (κ2) is 5.95. The van der Waals surface area contributed by atoms with Crippen LogP contribution in [0.4, 0.5) is 4.39 Å². The highest BCUT2D eigenvalue weighted by Crippen LogP contribution is 2.37. The first kappa shape index (κ1) is 12.3. The van der Waals surface area contributed by atoms with E-state index in [0.29, 0.717) is 11.1 Å². The van der Waals surface area contributed by atoms with Crippen LogP contribution in [0.15, 0.2) is 24.3 Å². The lowest BCUT2D eigenvalue weighted by atomic mass is 9.88. The van der Waals surface area contributed by atoms with Gasteiger partial charge in [-0.25, -0.2) is 4.39 Å². The molecule has 17 heavy (non-hydrogen) atoms. The molecular formula is C15H19FO. The molecular weight excluding hydrogens is 215 g/mol. The van der Waals surface area contributed by atoms with Crippen molar-refractivity contribution in [2.24, 2.45) is 5.92 Å². The summed E-state index contributed by atoms with van der Waals surface area (Å²) in [5, 5.41) is 0. The van der Waals surface area contributed by atoms with Gasteiger partial charge in [-0.2, -0.15) is 0 Å². The Hall–Kier alpha value is -1.18. The van der Waals surface area contributed by atoms with E-state index in [1.807, 2.05) is 6.07 Å². The van der Waals surface area contributed by atoms with E-state index in [-0.39, 0.29) is 5.92 Å². The van der Waals surface area contributed by atoms with Crippen molar-refractivity contribution >= 4 is 6.29 Å². The summed E-state index contributed by atoms with van der Waals surface area (Å²) >= 11 is 0. The highest BCUT2D eigenvalue weighted by molar-refractivity contribution is 5.77. The summed E-state index contributed by atoms with van der Waals surface area (Å²) in [6, 6.07) is 7.05. The van der Waals surface area contributed by atoms with Gasteiger partial charge in [0.25, 0.3) is 0 Å². The Labute approximate surface area is 102 Å². The Morgan fingerprint density at radius 2 is 1.76 bits per heavy atom. The van der Waals surface area contributed by atoms with Crippen LogP contribution in [0.2, 0.25) is 0 Å². The van der Waals surface area contributed by atoms with Crippen LogP contribution in [0, 0.1) is 5.92 Å². The number of aldehydes is 1. The van der Waals surface area contributed by atoms with Crippen LogP contribution in [-0.4, -0.2) is 6.29 Å². The molecule has 1 unspecified atom stereocenters. The molecule has 1 aliphatic carbocycles. The summed E-state index contributed by atoms with van der Waals surface area (Å²) in [5.41, 5.74) is 1.08. The van der Waals surface area contributed by atoms with E-state index in [2.05, 4.69) is 0 Å². The second-order valence-corrected chi connectivity index (χ2v) is 4.90. The van der Waals surface area contributed by atoms with E-state index in [0.717, 1.165) is 32.0 Å². The smallest absolute Gasteiger partial charge is 0.150 e. The normalized spacial score (nSPS) is 19.6. The van der Waals surface area contributed by atoms with Crippen molar-refractivity contribution in [3.8, 4) is 0 Å². The van der Waals surface area contributed by atoms with E-state index < -0.39 is 6.17 Å². The van der Waals surface area contributed by atoms with Gasteiger partial charge in [-0.15, -0.1) is 0 Å². The number of halogens is 1. The molecule has 1 aromatic rings. The Balaban J connectivity index is 2.16. The number of carbonyl (C=O) groups excluding carboxylic acids is 1. The SMILES string of the molecule is O=Cc1ccccc1C(F)C1CCCCCC1. The van der Waals surface area contributed by atoms with Crippen molar-refractivity contribution in [3.05, 3.63) is 35.4 Å². The molecule has 0 saturated heterocycles. The molecule has 0 spiro atoms. The first-order chi connectivity index (χ1) is 8.33. The van der Waals surface area contributed by atoms with Crippen LogP contribution in [0.1, 0.15) is 60.6 Å². The average molecular weight is 234 g/mol. The zero-order valence-corrected chi connectivity index (χ0v) is 10.1. The molecule has 0 aromatic heterocycles. The van der Waals surface area contributed by atoms with Gasteiger partial charge >= 0.3 is 0 Å². The van der Waals surface area contributed by atoms with Gasteiger partial charge in [0.2, 0.25) is 0 Å². The molecule has 92 valence electrons. The molecule has 0 aliphatic heterocycles. The summed E-state index contributed by atoms with van der Waals surface area (Å²) < 4.78 is 14.5. The van der Waals surface area contributed by atoms with Gasteiger partial charge in [0.05, 0.1) is 0 Å². The van der Waals surface area contributed by atoms with Crippen molar-refractivity contribution in [2.45, 2.75) is 44.7 Å². The van der Waals surface area contributed by atoms with Gasteiger partial charge in [-0.1, -0.05) is 49.9 Å². The predicted molar refractivity (Wildman–Crippen MR) is 66.9 cm³/mol. The van der Waals surface area contributed by atoms with Crippen molar-refractivity contribution in [1.82, 2.24) is 0 Å². The molecule has 2 rings (SSSR count). The molecule has 1 nitrogen and oxygen atoms in total. The Morgan fingerprint density at radius 1 is 1.12 bits per heavy atom. The predicted octanol–water partition coefficient (Wildman–Crippen LogP) is 4.48. The number of hydrogen-bond acceptors (Lipinski definition) is 1. The zero-order valence-electron chi connectivity index (χ0n) is 10.1. The largest absolute Gasteiger partial charge is 0.298 e. The van der Waals surface area contributed by atoms with Crippen LogP contribution < -0.4 is 0 Å². The lowest BCUT2D eigenvalue weighted by Crippen LogP contribution is -2.10. The van der Waals surface area contributed by atoms with E-state index >= 15 is 0 Å². The maximum atomic E-state index is 14.5. The van der Waals surface area contributed by atoms with Gasteiger partial charge in [-0.05, 0) is 24.3 Å². The summed E-state index contributed by atoms with van der Waals surface area (Å²) in [6.45, 7) is 0. The van der Waals surface area contributed by atoms with Crippen LogP contribution in [0.5, 0.6) is 0 Å². The summed E-state index contributed by atoms with van der Waals surface area (Å²) in [4.78, 5) is 10.9. The maximum Gasteiger partial charge on any atom is 0.150 e. The first-order valence-electron chi connectivity index (χ1n) is 6.51. The van der Waals surface area contributed by atoms with Gasteiger partial charge in [0.15, 0.2) is 0 Å². The van der Waals surface area contributed by atoms with Crippen LogP contribution in [0.3, 0.4) is 0 Å². The fourth-order valence-corrected chi connectivity index (χ4v) is 2.73. The number of carbonyl (C=O) groups is 1.